The summed E-state index contributed by atoms with van der Waals surface area (Å²) in [6, 6.07) is 8.10. The van der Waals surface area contributed by atoms with E-state index in [9.17, 15) is 13.2 Å². The zero-order valence-electron chi connectivity index (χ0n) is 14.7. The van der Waals surface area contributed by atoms with Gasteiger partial charge in [-0.15, -0.1) is 0 Å². The molecule has 1 aromatic carbocycles. The first-order valence-corrected chi connectivity index (χ1v) is 10.0. The highest BCUT2D eigenvalue weighted by Gasteiger charge is 2.34. The van der Waals surface area contributed by atoms with Gasteiger partial charge in [0, 0.05) is 12.7 Å². The van der Waals surface area contributed by atoms with E-state index in [1.165, 1.54) is 16.4 Å². The molecule has 1 fully saturated rings. The molecule has 0 spiro atoms. The predicted molar refractivity (Wildman–Crippen MR) is 97.3 cm³/mol. The minimum absolute atomic E-state index is 0.0714. The Morgan fingerprint density at radius 1 is 1.33 bits per heavy atom. The molecule has 142 valence electrons. The number of carbonyl (C=O) groups excluding carboxylic acids is 1. The molecule has 1 N–H and O–H groups in total. The van der Waals surface area contributed by atoms with Crippen molar-refractivity contribution in [1.82, 2.24) is 9.29 Å². The standard InChI is InChI=1S/C18H19N3O5S/c1-12-16(3-2-7-19-12)26-13-6-8-21(10-13)27(23,24)14-4-5-17-15(9-14)20-18(22)11-25-17/h2-5,7,9,13H,6,8,10-11H2,1H3,(H,20,22)/t13-/m1/s1. The molecule has 0 aliphatic carbocycles. The number of ether oxygens (including phenoxy) is 2. The van der Waals surface area contributed by atoms with Crippen LogP contribution in [-0.2, 0) is 14.8 Å². The number of aryl methyl sites for hydroxylation is 1. The number of sulfonamides is 1. The van der Waals surface area contributed by atoms with Gasteiger partial charge in [0.05, 0.1) is 22.8 Å². The molecule has 2 aliphatic rings. The lowest BCUT2D eigenvalue weighted by Gasteiger charge is -2.21. The van der Waals surface area contributed by atoms with Gasteiger partial charge in [0.25, 0.3) is 5.91 Å². The Morgan fingerprint density at radius 2 is 2.19 bits per heavy atom. The first kappa shape index (κ1) is 17.7. The monoisotopic (exact) mass is 389 g/mol. The van der Waals surface area contributed by atoms with E-state index < -0.39 is 10.0 Å². The van der Waals surface area contributed by atoms with E-state index in [1.807, 2.05) is 13.0 Å². The molecule has 2 aliphatic heterocycles. The van der Waals surface area contributed by atoms with Crippen molar-refractivity contribution in [3.63, 3.8) is 0 Å². The molecule has 0 radical (unpaired) electrons. The van der Waals surface area contributed by atoms with Crippen LogP contribution < -0.4 is 14.8 Å². The Balaban J connectivity index is 1.51. The van der Waals surface area contributed by atoms with Crippen LogP contribution in [0.3, 0.4) is 0 Å². The average Bonchev–Trinajstić information content (AvgIpc) is 3.12. The number of rotatable bonds is 4. The fourth-order valence-electron chi connectivity index (χ4n) is 3.16. The lowest BCUT2D eigenvalue weighted by molar-refractivity contribution is -0.118. The van der Waals surface area contributed by atoms with Crippen molar-refractivity contribution in [3.05, 3.63) is 42.2 Å². The second-order valence-electron chi connectivity index (χ2n) is 6.47. The van der Waals surface area contributed by atoms with Crippen LogP contribution in [-0.4, -0.2) is 49.4 Å². The number of benzene rings is 1. The van der Waals surface area contributed by atoms with Gasteiger partial charge < -0.3 is 14.8 Å². The molecule has 9 heteroatoms. The van der Waals surface area contributed by atoms with E-state index in [-0.39, 0.29) is 30.1 Å². The lowest BCUT2D eigenvalue weighted by atomic mass is 10.2. The molecule has 27 heavy (non-hydrogen) atoms. The van der Waals surface area contributed by atoms with Gasteiger partial charge in [0.1, 0.15) is 17.6 Å². The summed E-state index contributed by atoms with van der Waals surface area (Å²) < 4.78 is 38.5. The number of nitrogens with one attached hydrogen (secondary N) is 1. The van der Waals surface area contributed by atoms with E-state index in [4.69, 9.17) is 9.47 Å². The summed E-state index contributed by atoms with van der Waals surface area (Å²) in [5.41, 5.74) is 1.13. The van der Waals surface area contributed by atoms with E-state index >= 15 is 0 Å². The van der Waals surface area contributed by atoms with Gasteiger partial charge in [-0.3, -0.25) is 9.78 Å². The van der Waals surface area contributed by atoms with Gasteiger partial charge in [-0.25, -0.2) is 8.42 Å². The van der Waals surface area contributed by atoms with Gasteiger partial charge in [0.15, 0.2) is 6.61 Å². The van der Waals surface area contributed by atoms with Gasteiger partial charge >= 0.3 is 0 Å². The van der Waals surface area contributed by atoms with Crippen LogP contribution in [0, 0.1) is 6.92 Å². The summed E-state index contributed by atoms with van der Waals surface area (Å²) in [4.78, 5) is 15.8. The topological polar surface area (TPSA) is 97.8 Å². The molecule has 1 amide bonds. The maximum absolute atomic E-state index is 13.0. The Labute approximate surface area is 157 Å². The van der Waals surface area contributed by atoms with Gasteiger partial charge in [-0.05, 0) is 43.7 Å². The summed E-state index contributed by atoms with van der Waals surface area (Å²) in [6.07, 6.45) is 2.05. The van der Waals surface area contributed by atoms with Crippen molar-refractivity contribution in [2.45, 2.75) is 24.3 Å². The Bertz CT molecular complexity index is 992. The quantitative estimate of drug-likeness (QED) is 0.852. The van der Waals surface area contributed by atoms with E-state index in [2.05, 4.69) is 10.3 Å². The van der Waals surface area contributed by atoms with Crippen molar-refractivity contribution in [2.24, 2.45) is 0 Å². The fraction of sp³-hybridized carbons (Fsp3) is 0.333. The molecule has 0 bridgehead atoms. The molecular formula is C18H19N3O5S. The summed E-state index contributed by atoms with van der Waals surface area (Å²) in [5.74, 6) is 0.817. The predicted octanol–water partition coefficient (Wildman–Crippen LogP) is 1.56. The molecule has 1 saturated heterocycles. The van der Waals surface area contributed by atoms with Crippen LogP contribution in [0.1, 0.15) is 12.1 Å². The van der Waals surface area contributed by atoms with E-state index in [1.54, 1.807) is 18.3 Å². The number of anilines is 1. The maximum atomic E-state index is 13.0. The van der Waals surface area contributed by atoms with Crippen molar-refractivity contribution >= 4 is 21.6 Å². The molecule has 1 atom stereocenters. The zero-order chi connectivity index (χ0) is 19.0. The summed E-state index contributed by atoms with van der Waals surface area (Å²) in [6.45, 7) is 2.41. The van der Waals surface area contributed by atoms with Gasteiger partial charge in [-0.2, -0.15) is 4.31 Å². The highest BCUT2D eigenvalue weighted by molar-refractivity contribution is 7.89. The molecule has 0 saturated carbocycles. The third-order valence-corrected chi connectivity index (χ3v) is 6.44. The molecule has 1 aromatic heterocycles. The number of hydrogen-bond acceptors (Lipinski definition) is 6. The van der Waals surface area contributed by atoms with Crippen LogP contribution >= 0.6 is 0 Å². The number of hydrogen-bond donors (Lipinski definition) is 1. The lowest BCUT2D eigenvalue weighted by Crippen LogP contribution is -2.31. The van der Waals surface area contributed by atoms with Crippen molar-refractivity contribution in [3.8, 4) is 11.5 Å². The van der Waals surface area contributed by atoms with Crippen molar-refractivity contribution in [1.29, 1.82) is 0 Å². The van der Waals surface area contributed by atoms with Crippen molar-refractivity contribution < 1.29 is 22.7 Å². The Morgan fingerprint density at radius 3 is 3.00 bits per heavy atom. The van der Waals surface area contributed by atoms with Gasteiger partial charge in [-0.1, -0.05) is 0 Å². The first-order chi connectivity index (χ1) is 12.9. The highest BCUT2D eigenvalue weighted by atomic mass is 32.2. The average molecular weight is 389 g/mol. The normalized spacial score (nSPS) is 19.9. The zero-order valence-corrected chi connectivity index (χ0v) is 15.5. The smallest absolute Gasteiger partial charge is 0.262 e. The van der Waals surface area contributed by atoms with Crippen molar-refractivity contribution in [2.75, 3.05) is 25.0 Å². The SMILES string of the molecule is Cc1ncccc1O[C@@H]1CCN(S(=O)(=O)c2ccc3c(c2)NC(=O)CO3)C1. The first-order valence-electron chi connectivity index (χ1n) is 8.58. The highest BCUT2D eigenvalue weighted by Crippen LogP contribution is 2.32. The molecule has 2 aromatic rings. The number of carbonyl (C=O) groups is 1. The second kappa shape index (κ2) is 6.82. The van der Waals surface area contributed by atoms with Crippen LogP contribution in [0.15, 0.2) is 41.4 Å². The molecule has 4 rings (SSSR count). The molecule has 3 heterocycles. The number of pyridine rings is 1. The molecular weight excluding hydrogens is 370 g/mol. The fourth-order valence-corrected chi connectivity index (χ4v) is 4.67. The second-order valence-corrected chi connectivity index (χ2v) is 8.41. The van der Waals surface area contributed by atoms with Gasteiger partial charge in [0.2, 0.25) is 10.0 Å². The minimum Gasteiger partial charge on any atom is -0.487 e. The number of aromatic nitrogens is 1. The maximum Gasteiger partial charge on any atom is 0.262 e. The Kier molecular flexibility index (Phi) is 4.48. The number of nitrogens with zero attached hydrogens (tertiary/aromatic N) is 2. The largest absolute Gasteiger partial charge is 0.487 e. The van der Waals surface area contributed by atoms with Crippen LogP contribution in [0.2, 0.25) is 0 Å². The minimum atomic E-state index is -3.69. The summed E-state index contributed by atoms with van der Waals surface area (Å²) in [5, 5.41) is 2.63. The molecule has 0 unspecified atom stereocenters. The number of amides is 1. The number of fused-ring (bicyclic) bond motifs is 1. The van der Waals surface area contributed by atoms with Crippen LogP contribution in [0.25, 0.3) is 0 Å². The van der Waals surface area contributed by atoms with E-state index in [0.717, 1.165) is 5.69 Å². The molecule has 8 nitrogen and oxygen atoms in total. The third kappa shape index (κ3) is 3.47. The Hall–Kier alpha value is -2.65. The van der Waals surface area contributed by atoms with E-state index in [0.29, 0.717) is 30.2 Å². The third-order valence-electron chi connectivity index (χ3n) is 4.58. The van der Waals surface area contributed by atoms with Crippen LogP contribution in [0.5, 0.6) is 11.5 Å². The summed E-state index contributed by atoms with van der Waals surface area (Å²) >= 11 is 0. The van der Waals surface area contributed by atoms with Crippen LogP contribution in [0.4, 0.5) is 5.69 Å². The summed E-state index contributed by atoms with van der Waals surface area (Å²) in [7, 11) is -3.69.